The van der Waals surface area contributed by atoms with Crippen LogP contribution in [0.15, 0.2) is 16.7 Å². The molecule has 0 saturated carbocycles. The Balaban J connectivity index is 2.08. The number of hydrogen-bond donors (Lipinski definition) is 1. The van der Waals surface area contributed by atoms with Gasteiger partial charge in [-0.15, -0.1) is 0 Å². The molecule has 1 unspecified atom stereocenters. The minimum absolute atomic E-state index is 0.770. The van der Waals surface area contributed by atoms with E-state index in [2.05, 4.69) is 32.7 Å². The van der Waals surface area contributed by atoms with E-state index >= 15 is 0 Å². The molecule has 0 aromatic carbocycles. The first-order valence-electron chi connectivity index (χ1n) is 5.86. The summed E-state index contributed by atoms with van der Waals surface area (Å²) in [4.78, 5) is 6.72. The van der Waals surface area contributed by atoms with Crippen LogP contribution in [-0.4, -0.2) is 18.1 Å². The number of anilines is 2. The third-order valence-corrected chi connectivity index (χ3v) is 3.58. The molecule has 0 aliphatic carbocycles. The molecule has 2 rings (SSSR count). The predicted octanol–water partition coefficient (Wildman–Crippen LogP) is 3.05. The van der Waals surface area contributed by atoms with Crippen LogP contribution in [0.1, 0.15) is 26.2 Å². The molecule has 3 nitrogen and oxygen atoms in total. The summed E-state index contributed by atoms with van der Waals surface area (Å²) in [5.41, 5.74) is 6.76. The molecule has 2 N–H and O–H groups in total. The molecule has 88 valence electrons. The molecule has 1 aliphatic heterocycles. The highest BCUT2D eigenvalue weighted by molar-refractivity contribution is 9.10. The van der Waals surface area contributed by atoms with Crippen molar-refractivity contribution in [3.8, 4) is 0 Å². The van der Waals surface area contributed by atoms with Gasteiger partial charge in [-0.05, 0) is 40.8 Å². The molecule has 0 radical (unpaired) electrons. The van der Waals surface area contributed by atoms with Crippen molar-refractivity contribution < 1.29 is 0 Å². The first kappa shape index (κ1) is 11.7. The first-order chi connectivity index (χ1) is 7.70. The van der Waals surface area contributed by atoms with Gasteiger partial charge < -0.3 is 10.6 Å². The van der Waals surface area contributed by atoms with Gasteiger partial charge in [0.2, 0.25) is 0 Å². The van der Waals surface area contributed by atoms with Gasteiger partial charge in [0, 0.05) is 23.8 Å². The largest absolute Gasteiger partial charge is 0.396 e. The van der Waals surface area contributed by atoms with Gasteiger partial charge in [-0.25, -0.2) is 4.98 Å². The van der Waals surface area contributed by atoms with Crippen molar-refractivity contribution in [2.45, 2.75) is 26.2 Å². The zero-order valence-electron chi connectivity index (χ0n) is 9.62. The van der Waals surface area contributed by atoms with E-state index in [1.54, 1.807) is 0 Å². The summed E-state index contributed by atoms with van der Waals surface area (Å²) in [6, 6.07) is 1.93. The molecule has 4 heteroatoms. The SMILES string of the molecule is CCCC1CCN(c2ncc(Br)cc2N)C1. The molecular formula is C12H18BrN3. The summed E-state index contributed by atoms with van der Waals surface area (Å²) >= 11 is 3.38. The maximum Gasteiger partial charge on any atom is 0.151 e. The fourth-order valence-corrected chi connectivity index (χ4v) is 2.73. The third-order valence-electron chi connectivity index (χ3n) is 3.14. The second-order valence-corrected chi connectivity index (χ2v) is 5.37. The lowest BCUT2D eigenvalue weighted by Crippen LogP contribution is -2.22. The number of nitrogen functional groups attached to an aromatic ring is 1. The molecule has 0 spiro atoms. The van der Waals surface area contributed by atoms with Crippen molar-refractivity contribution in [2.75, 3.05) is 23.7 Å². The Bertz CT molecular complexity index is 367. The number of rotatable bonds is 3. The normalized spacial score (nSPS) is 20.4. The van der Waals surface area contributed by atoms with E-state index in [0.717, 1.165) is 35.0 Å². The molecule has 0 amide bonds. The average molecular weight is 284 g/mol. The molecule has 1 aliphatic rings. The van der Waals surface area contributed by atoms with Crippen LogP contribution >= 0.6 is 15.9 Å². The second kappa shape index (κ2) is 5.04. The summed E-state index contributed by atoms with van der Waals surface area (Å²) in [6.45, 7) is 4.44. The van der Waals surface area contributed by atoms with E-state index in [0.29, 0.717) is 0 Å². The minimum Gasteiger partial charge on any atom is -0.396 e. The van der Waals surface area contributed by atoms with E-state index in [1.165, 1.54) is 19.3 Å². The lowest BCUT2D eigenvalue weighted by atomic mass is 10.0. The Morgan fingerprint density at radius 2 is 2.44 bits per heavy atom. The summed E-state index contributed by atoms with van der Waals surface area (Å²) in [7, 11) is 0. The van der Waals surface area contributed by atoms with Crippen LogP contribution in [-0.2, 0) is 0 Å². The van der Waals surface area contributed by atoms with Gasteiger partial charge in [0.15, 0.2) is 5.82 Å². The summed E-state index contributed by atoms with van der Waals surface area (Å²) in [6.07, 6.45) is 5.67. The number of nitrogens with zero attached hydrogens (tertiary/aromatic N) is 2. The number of halogens is 1. The highest BCUT2D eigenvalue weighted by atomic mass is 79.9. The van der Waals surface area contributed by atoms with Gasteiger partial charge in [0.05, 0.1) is 5.69 Å². The van der Waals surface area contributed by atoms with Crippen molar-refractivity contribution in [2.24, 2.45) is 5.92 Å². The number of nitrogens with two attached hydrogens (primary N) is 1. The third kappa shape index (κ3) is 2.48. The molecule has 1 saturated heterocycles. The lowest BCUT2D eigenvalue weighted by Gasteiger charge is -2.19. The first-order valence-corrected chi connectivity index (χ1v) is 6.66. The molecule has 1 aromatic rings. The topological polar surface area (TPSA) is 42.2 Å². The van der Waals surface area contributed by atoms with Crippen molar-refractivity contribution in [1.29, 1.82) is 0 Å². The van der Waals surface area contributed by atoms with Crippen LogP contribution in [0.25, 0.3) is 0 Å². The number of hydrogen-bond acceptors (Lipinski definition) is 3. The van der Waals surface area contributed by atoms with Crippen LogP contribution in [0.3, 0.4) is 0 Å². The Kier molecular flexibility index (Phi) is 3.69. The molecule has 0 bridgehead atoms. The highest BCUT2D eigenvalue weighted by Crippen LogP contribution is 2.29. The molecule has 2 heterocycles. The summed E-state index contributed by atoms with van der Waals surface area (Å²) < 4.78 is 0.943. The van der Waals surface area contributed by atoms with Crippen LogP contribution in [0.2, 0.25) is 0 Å². The maximum atomic E-state index is 5.99. The van der Waals surface area contributed by atoms with Crippen LogP contribution in [0.5, 0.6) is 0 Å². The van der Waals surface area contributed by atoms with E-state index in [-0.39, 0.29) is 0 Å². The van der Waals surface area contributed by atoms with Crippen molar-refractivity contribution in [3.05, 3.63) is 16.7 Å². The Morgan fingerprint density at radius 3 is 3.12 bits per heavy atom. The number of pyridine rings is 1. The fourth-order valence-electron chi connectivity index (χ4n) is 2.38. The minimum atomic E-state index is 0.770. The highest BCUT2D eigenvalue weighted by Gasteiger charge is 2.23. The molecule has 1 aromatic heterocycles. The smallest absolute Gasteiger partial charge is 0.151 e. The Labute approximate surface area is 105 Å². The standard InChI is InChI=1S/C12H18BrN3/c1-2-3-9-4-5-16(8-9)12-11(14)6-10(13)7-15-12/h6-7,9H,2-5,8,14H2,1H3. The Hall–Kier alpha value is -0.770. The summed E-state index contributed by atoms with van der Waals surface area (Å²) in [5, 5.41) is 0. The monoisotopic (exact) mass is 283 g/mol. The zero-order chi connectivity index (χ0) is 11.5. The van der Waals surface area contributed by atoms with Crippen molar-refractivity contribution >= 4 is 27.4 Å². The van der Waals surface area contributed by atoms with Gasteiger partial charge in [-0.1, -0.05) is 13.3 Å². The van der Waals surface area contributed by atoms with E-state index in [9.17, 15) is 0 Å². The summed E-state index contributed by atoms with van der Waals surface area (Å²) in [5.74, 6) is 1.76. The number of aromatic nitrogens is 1. The van der Waals surface area contributed by atoms with E-state index in [4.69, 9.17) is 5.73 Å². The Morgan fingerprint density at radius 1 is 1.62 bits per heavy atom. The fraction of sp³-hybridized carbons (Fsp3) is 0.583. The van der Waals surface area contributed by atoms with Gasteiger partial charge in [-0.2, -0.15) is 0 Å². The van der Waals surface area contributed by atoms with Crippen molar-refractivity contribution in [1.82, 2.24) is 4.98 Å². The molecule has 1 fully saturated rings. The predicted molar refractivity (Wildman–Crippen MR) is 71.6 cm³/mol. The molecular weight excluding hydrogens is 266 g/mol. The second-order valence-electron chi connectivity index (χ2n) is 4.46. The van der Waals surface area contributed by atoms with Gasteiger partial charge in [0.25, 0.3) is 0 Å². The molecule has 1 atom stereocenters. The maximum absolute atomic E-state index is 5.99. The van der Waals surface area contributed by atoms with Crippen molar-refractivity contribution in [3.63, 3.8) is 0 Å². The van der Waals surface area contributed by atoms with Crippen LogP contribution in [0, 0.1) is 5.92 Å². The lowest BCUT2D eigenvalue weighted by molar-refractivity contribution is 0.529. The average Bonchev–Trinajstić information content (AvgIpc) is 2.67. The van der Waals surface area contributed by atoms with E-state index < -0.39 is 0 Å². The quantitative estimate of drug-likeness (QED) is 0.927. The van der Waals surface area contributed by atoms with E-state index in [1.807, 2.05) is 12.3 Å². The molecule has 16 heavy (non-hydrogen) atoms. The zero-order valence-corrected chi connectivity index (χ0v) is 11.2. The van der Waals surface area contributed by atoms with Gasteiger partial charge in [-0.3, -0.25) is 0 Å². The van der Waals surface area contributed by atoms with Crippen LogP contribution < -0.4 is 10.6 Å². The van der Waals surface area contributed by atoms with Gasteiger partial charge in [0.1, 0.15) is 0 Å². The van der Waals surface area contributed by atoms with Gasteiger partial charge >= 0.3 is 0 Å². The van der Waals surface area contributed by atoms with Crippen LogP contribution in [0.4, 0.5) is 11.5 Å².